The number of aryl methyl sites for hydroxylation is 1. The number of aromatic nitrogens is 2. The number of rotatable bonds is 6. The molecule has 0 amide bonds. The SMILES string of the molecule is CCCCN(C)Cc1nc(C)cc(NC)n1. The summed E-state index contributed by atoms with van der Waals surface area (Å²) in [5, 5.41) is 3.05. The molecule has 1 heterocycles. The summed E-state index contributed by atoms with van der Waals surface area (Å²) >= 11 is 0. The summed E-state index contributed by atoms with van der Waals surface area (Å²) in [5.41, 5.74) is 1.01. The Morgan fingerprint density at radius 2 is 2.12 bits per heavy atom. The molecule has 16 heavy (non-hydrogen) atoms. The van der Waals surface area contributed by atoms with Gasteiger partial charge in [0.05, 0.1) is 6.54 Å². The molecule has 0 aliphatic rings. The zero-order valence-electron chi connectivity index (χ0n) is 10.7. The Balaban J connectivity index is 2.61. The molecule has 1 rings (SSSR count). The Morgan fingerprint density at radius 1 is 1.38 bits per heavy atom. The molecule has 0 saturated heterocycles. The van der Waals surface area contributed by atoms with Crippen LogP contribution in [0.15, 0.2) is 6.07 Å². The summed E-state index contributed by atoms with van der Waals surface area (Å²) in [6.45, 7) is 6.12. The van der Waals surface area contributed by atoms with E-state index in [0.29, 0.717) is 0 Å². The van der Waals surface area contributed by atoms with Crippen molar-refractivity contribution in [2.24, 2.45) is 0 Å². The number of unbranched alkanes of at least 4 members (excludes halogenated alkanes) is 1. The summed E-state index contributed by atoms with van der Waals surface area (Å²) in [6.07, 6.45) is 2.45. The second-order valence-electron chi connectivity index (χ2n) is 4.15. The summed E-state index contributed by atoms with van der Waals surface area (Å²) < 4.78 is 0. The number of hydrogen-bond acceptors (Lipinski definition) is 4. The molecule has 0 atom stereocenters. The van der Waals surface area contributed by atoms with Gasteiger partial charge in [0.2, 0.25) is 0 Å². The summed E-state index contributed by atoms with van der Waals surface area (Å²) in [5.74, 6) is 1.79. The van der Waals surface area contributed by atoms with Gasteiger partial charge in [-0.2, -0.15) is 0 Å². The topological polar surface area (TPSA) is 41.1 Å². The van der Waals surface area contributed by atoms with Crippen LogP contribution in [0.25, 0.3) is 0 Å². The molecule has 0 aliphatic carbocycles. The largest absolute Gasteiger partial charge is 0.373 e. The van der Waals surface area contributed by atoms with E-state index in [1.54, 1.807) is 0 Å². The minimum atomic E-state index is 0.816. The summed E-state index contributed by atoms with van der Waals surface area (Å²) in [6, 6.07) is 1.95. The molecule has 0 bridgehead atoms. The van der Waals surface area contributed by atoms with Crippen molar-refractivity contribution in [1.29, 1.82) is 0 Å². The zero-order valence-corrected chi connectivity index (χ0v) is 10.7. The third kappa shape index (κ3) is 4.14. The Kier molecular flexibility index (Phi) is 5.19. The van der Waals surface area contributed by atoms with Crippen LogP contribution in [-0.2, 0) is 6.54 Å². The van der Waals surface area contributed by atoms with Gasteiger partial charge in [0.1, 0.15) is 11.6 Å². The van der Waals surface area contributed by atoms with E-state index in [1.807, 2.05) is 20.0 Å². The molecule has 1 aromatic rings. The first-order chi connectivity index (χ1) is 7.65. The Labute approximate surface area is 98.1 Å². The van der Waals surface area contributed by atoms with Gasteiger partial charge < -0.3 is 5.32 Å². The van der Waals surface area contributed by atoms with Gasteiger partial charge in [-0.3, -0.25) is 4.90 Å². The molecule has 0 radical (unpaired) electrons. The van der Waals surface area contributed by atoms with Gasteiger partial charge in [-0.05, 0) is 26.9 Å². The highest BCUT2D eigenvalue weighted by Gasteiger charge is 2.04. The van der Waals surface area contributed by atoms with E-state index in [2.05, 4.69) is 34.2 Å². The number of nitrogens with zero attached hydrogens (tertiary/aromatic N) is 3. The van der Waals surface area contributed by atoms with Crippen LogP contribution in [0.2, 0.25) is 0 Å². The molecule has 0 fully saturated rings. The number of anilines is 1. The molecular formula is C12H22N4. The van der Waals surface area contributed by atoms with Crippen molar-refractivity contribution in [3.63, 3.8) is 0 Å². The van der Waals surface area contributed by atoms with E-state index in [-0.39, 0.29) is 0 Å². The molecule has 0 spiro atoms. The third-order valence-corrected chi connectivity index (χ3v) is 2.46. The van der Waals surface area contributed by atoms with Crippen LogP contribution >= 0.6 is 0 Å². The zero-order chi connectivity index (χ0) is 12.0. The number of nitrogens with one attached hydrogen (secondary N) is 1. The average molecular weight is 222 g/mol. The van der Waals surface area contributed by atoms with E-state index in [1.165, 1.54) is 12.8 Å². The molecule has 0 saturated carbocycles. The van der Waals surface area contributed by atoms with Crippen LogP contribution in [0.1, 0.15) is 31.3 Å². The molecule has 1 aromatic heterocycles. The van der Waals surface area contributed by atoms with Crippen molar-refractivity contribution < 1.29 is 0 Å². The quantitative estimate of drug-likeness (QED) is 0.800. The van der Waals surface area contributed by atoms with Crippen LogP contribution in [-0.4, -0.2) is 35.5 Å². The minimum absolute atomic E-state index is 0.816. The molecule has 4 nitrogen and oxygen atoms in total. The Bertz CT molecular complexity index is 325. The summed E-state index contributed by atoms with van der Waals surface area (Å²) in [4.78, 5) is 11.1. The lowest BCUT2D eigenvalue weighted by Crippen LogP contribution is -2.21. The lowest BCUT2D eigenvalue weighted by molar-refractivity contribution is 0.312. The van der Waals surface area contributed by atoms with Gasteiger partial charge in [-0.25, -0.2) is 9.97 Å². The predicted octanol–water partition coefficient (Wildman–Crippen LogP) is 2.06. The normalized spacial score (nSPS) is 10.8. The Morgan fingerprint density at radius 3 is 2.75 bits per heavy atom. The Hall–Kier alpha value is -1.16. The van der Waals surface area contributed by atoms with E-state index in [9.17, 15) is 0 Å². The first-order valence-electron chi connectivity index (χ1n) is 5.86. The molecule has 90 valence electrons. The van der Waals surface area contributed by atoms with Gasteiger partial charge in [-0.15, -0.1) is 0 Å². The second-order valence-corrected chi connectivity index (χ2v) is 4.15. The van der Waals surface area contributed by atoms with Crippen LogP contribution in [0.4, 0.5) is 5.82 Å². The molecule has 0 aliphatic heterocycles. The lowest BCUT2D eigenvalue weighted by Gasteiger charge is -2.15. The van der Waals surface area contributed by atoms with Crippen molar-refractivity contribution in [2.75, 3.05) is 26.0 Å². The maximum Gasteiger partial charge on any atom is 0.144 e. The van der Waals surface area contributed by atoms with Gasteiger partial charge in [0.25, 0.3) is 0 Å². The van der Waals surface area contributed by atoms with Crippen molar-refractivity contribution in [3.8, 4) is 0 Å². The highest BCUT2D eigenvalue weighted by Crippen LogP contribution is 2.07. The highest BCUT2D eigenvalue weighted by molar-refractivity contribution is 5.34. The smallest absolute Gasteiger partial charge is 0.144 e. The van der Waals surface area contributed by atoms with Gasteiger partial charge >= 0.3 is 0 Å². The molecular weight excluding hydrogens is 200 g/mol. The van der Waals surface area contributed by atoms with Crippen molar-refractivity contribution in [3.05, 3.63) is 17.6 Å². The maximum atomic E-state index is 4.44. The fourth-order valence-electron chi connectivity index (χ4n) is 1.58. The molecule has 1 N–H and O–H groups in total. The predicted molar refractivity (Wildman–Crippen MR) is 67.6 cm³/mol. The van der Waals surface area contributed by atoms with E-state index in [4.69, 9.17) is 0 Å². The van der Waals surface area contributed by atoms with Crippen molar-refractivity contribution in [2.45, 2.75) is 33.2 Å². The standard InChI is InChI=1S/C12H22N4/c1-5-6-7-16(4)9-12-14-10(2)8-11(13-3)15-12/h8H,5-7,9H2,1-4H3,(H,13,14,15). The second kappa shape index (κ2) is 6.43. The van der Waals surface area contributed by atoms with Gasteiger partial charge in [0, 0.05) is 18.8 Å². The fraction of sp³-hybridized carbons (Fsp3) is 0.667. The highest BCUT2D eigenvalue weighted by atomic mass is 15.1. The van der Waals surface area contributed by atoms with Crippen LogP contribution in [0.5, 0.6) is 0 Å². The molecule has 0 aromatic carbocycles. The lowest BCUT2D eigenvalue weighted by atomic mass is 10.3. The maximum absolute atomic E-state index is 4.44. The fourth-order valence-corrected chi connectivity index (χ4v) is 1.58. The van der Waals surface area contributed by atoms with Crippen LogP contribution in [0, 0.1) is 6.92 Å². The minimum Gasteiger partial charge on any atom is -0.373 e. The third-order valence-electron chi connectivity index (χ3n) is 2.46. The van der Waals surface area contributed by atoms with E-state index >= 15 is 0 Å². The first-order valence-corrected chi connectivity index (χ1v) is 5.86. The van der Waals surface area contributed by atoms with Gasteiger partial charge in [-0.1, -0.05) is 13.3 Å². The monoisotopic (exact) mass is 222 g/mol. The van der Waals surface area contributed by atoms with Crippen LogP contribution < -0.4 is 5.32 Å². The molecule has 0 unspecified atom stereocenters. The first kappa shape index (κ1) is 12.9. The van der Waals surface area contributed by atoms with Crippen LogP contribution in [0.3, 0.4) is 0 Å². The number of hydrogen-bond donors (Lipinski definition) is 1. The van der Waals surface area contributed by atoms with Gasteiger partial charge in [0.15, 0.2) is 0 Å². The van der Waals surface area contributed by atoms with E-state index in [0.717, 1.165) is 30.4 Å². The van der Waals surface area contributed by atoms with E-state index < -0.39 is 0 Å². The van der Waals surface area contributed by atoms with Crippen molar-refractivity contribution >= 4 is 5.82 Å². The van der Waals surface area contributed by atoms with Crippen molar-refractivity contribution in [1.82, 2.24) is 14.9 Å². The molecule has 4 heteroatoms. The average Bonchev–Trinajstić information content (AvgIpc) is 2.25. The summed E-state index contributed by atoms with van der Waals surface area (Å²) in [7, 11) is 3.99.